The summed E-state index contributed by atoms with van der Waals surface area (Å²) in [5, 5.41) is 0. The van der Waals surface area contributed by atoms with Gasteiger partial charge in [0.2, 0.25) is 0 Å². The van der Waals surface area contributed by atoms with E-state index in [1.165, 1.54) is 0 Å². The average Bonchev–Trinajstić information content (AvgIpc) is 3.32. The summed E-state index contributed by atoms with van der Waals surface area (Å²) in [6.45, 7) is 0. The summed E-state index contributed by atoms with van der Waals surface area (Å²) in [5.74, 6) is 0. The van der Waals surface area contributed by atoms with Gasteiger partial charge in [0.05, 0.1) is 22.8 Å². The van der Waals surface area contributed by atoms with Crippen molar-refractivity contribution in [1.82, 2.24) is 19.9 Å². The zero-order valence-corrected chi connectivity index (χ0v) is 14.9. The molecule has 2 aliphatic rings. The fourth-order valence-electron chi connectivity index (χ4n) is 2.94. The first-order valence-corrected chi connectivity index (χ1v) is 7.85. The maximum atomic E-state index is 4.62. The maximum absolute atomic E-state index is 4.62. The van der Waals surface area contributed by atoms with Crippen molar-refractivity contribution < 1.29 is 19.5 Å². The number of nitrogens with zero attached hydrogens (tertiary/aromatic N) is 2. The largest absolute Gasteiger partial charge is 3.00 e. The van der Waals surface area contributed by atoms with Crippen molar-refractivity contribution in [3.8, 4) is 0 Å². The van der Waals surface area contributed by atoms with Crippen LogP contribution in [0.25, 0.3) is 46.4 Å². The van der Waals surface area contributed by atoms with E-state index < -0.39 is 0 Å². The Morgan fingerprint density at radius 2 is 0.840 bits per heavy atom. The number of H-pyrrole nitrogens is 2. The summed E-state index contributed by atoms with van der Waals surface area (Å²) < 4.78 is 0. The smallest absolute Gasteiger partial charge is 0.355 e. The molecule has 0 saturated heterocycles. The quantitative estimate of drug-likeness (QED) is 0.365. The van der Waals surface area contributed by atoms with Crippen molar-refractivity contribution in [3.05, 3.63) is 71.3 Å². The molecule has 3 aromatic rings. The molecular weight excluding hydrogens is 397 g/mol. The minimum absolute atomic E-state index is 0. The molecule has 0 fully saturated rings. The van der Waals surface area contributed by atoms with Gasteiger partial charge in [-0.3, -0.25) is 0 Å². The van der Waals surface area contributed by atoms with Gasteiger partial charge in [-0.05, 0) is 72.8 Å². The van der Waals surface area contributed by atoms with Gasteiger partial charge in [-0.2, -0.15) is 0 Å². The molecule has 2 N–H and O–H groups in total. The van der Waals surface area contributed by atoms with Gasteiger partial charge in [0, 0.05) is 22.1 Å². The first-order valence-electron chi connectivity index (χ1n) is 7.85. The van der Waals surface area contributed by atoms with Crippen LogP contribution in [0.3, 0.4) is 0 Å². The molecule has 5 heterocycles. The van der Waals surface area contributed by atoms with Crippen molar-refractivity contribution in [3.63, 3.8) is 0 Å². The summed E-state index contributed by atoms with van der Waals surface area (Å²) in [5.41, 5.74) is 7.86. The fraction of sp³-hybridized carbons (Fsp3) is 0. The molecule has 2 aliphatic heterocycles. The molecular formula is C20H14N4Ru+3. The second-order valence-electron chi connectivity index (χ2n) is 5.91. The number of hydrogen-bond donors (Lipinski definition) is 2. The number of aromatic amines is 2. The molecule has 119 valence electrons. The van der Waals surface area contributed by atoms with E-state index in [1.54, 1.807) is 0 Å². The Hall–Kier alpha value is -2.78. The summed E-state index contributed by atoms with van der Waals surface area (Å²) in [7, 11) is 0. The Morgan fingerprint density at radius 1 is 0.480 bits per heavy atom. The van der Waals surface area contributed by atoms with Crippen molar-refractivity contribution >= 4 is 46.4 Å². The van der Waals surface area contributed by atoms with Gasteiger partial charge in [-0.1, -0.05) is 0 Å². The minimum atomic E-state index is 0. The second kappa shape index (κ2) is 6.26. The Balaban J connectivity index is 0.00000157. The van der Waals surface area contributed by atoms with Crippen LogP contribution in [0.5, 0.6) is 0 Å². The number of fused-ring (bicyclic) bond motifs is 8. The Morgan fingerprint density at radius 3 is 1.28 bits per heavy atom. The van der Waals surface area contributed by atoms with E-state index in [2.05, 4.69) is 50.3 Å². The molecule has 4 nitrogen and oxygen atoms in total. The summed E-state index contributed by atoms with van der Waals surface area (Å²) in [6.07, 6.45) is 8.05. The number of rotatable bonds is 0. The van der Waals surface area contributed by atoms with E-state index in [0.29, 0.717) is 0 Å². The summed E-state index contributed by atoms with van der Waals surface area (Å²) in [6, 6.07) is 16.4. The molecule has 1 radical (unpaired) electrons. The maximum Gasteiger partial charge on any atom is 3.00 e. The molecule has 0 saturated carbocycles. The van der Waals surface area contributed by atoms with Crippen molar-refractivity contribution in [1.29, 1.82) is 0 Å². The Kier molecular flexibility index (Phi) is 3.94. The number of nitrogens with one attached hydrogen (secondary N) is 2. The van der Waals surface area contributed by atoms with E-state index >= 15 is 0 Å². The van der Waals surface area contributed by atoms with Crippen LogP contribution in [0.4, 0.5) is 0 Å². The second-order valence-corrected chi connectivity index (χ2v) is 5.91. The minimum Gasteiger partial charge on any atom is -0.355 e. The van der Waals surface area contributed by atoms with Crippen LogP contribution in [0, 0.1) is 0 Å². The Bertz CT molecular complexity index is 1080. The third-order valence-corrected chi connectivity index (χ3v) is 4.04. The zero-order valence-electron chi connectivity index (χ0n) is 13.2. The van der Waals surface area contributed by atoms with Crippen LogP contribution >= 0.6 is 0 Å². The van der Waals surface area contributed by atoms with Crippen LogP contribution < -0.4 is 0 Å². The fourth-order valence-corrected chi connectivity index (χ4v) is 2.94. The van der Waals surface area contributed by atoms with Gasteiger partial charge in [0.25, 0.3) is 0 Å². The van der Waals surface area contributed by atoms with Crippen LogP contribution in [-0.4, -0.2) is 19.9 Å². The molecule has 5 heteroatoms. The van der Waals surface area contributed by atoms with Gasteiger partial charge in [0.1, 0.15) is 0 Å². The van der Waals surface area contributed by atoms with Gasteiger partial charge in [0.15, 0.2) is 0 Å². The van der Waals surface area contributed by atoms with E-state index in [0.717, 1.165) is 44.8 Å². The Labute approximate surface area is 157 Å². The molecule has 0 unspecified atom stereocenters. The molecule has 5 rings (SSSR count). The SMILES string of the molecule is C1=Cc2cc3ccc(cc4ccc(cc5nc(cc1n2)C=C5)[nH]4)[nH]3.[Ru+3]. The monoisotopic (exact) mass is 412 g/mol. The molecule has 0 atom stereocenters. The predicted molar refractivity (Wildman–Crippen MR) is 98.9 cm³/mol. The standard InChI is InChI=1S/C20H14N4.Ru/c1-2-14-10-16-5-6-18(23-16)12-20-8-7-19(24-20)11-17-4-3-15(22-17)9-13(1)21-14;/h1-12,21-22H;/q;+3. The average molecular weight is 411 g/mol. The van der Waals surface area contributed by atoms with Gasteiger partial charge in [-0.25, -0.2) is 9.97 Å². The van der Waals surface area contributed by atoms with E-state index in [1.807, 2.05) is 42.5 Å². The van der Waals surface area contributed by atoms with Crippen LogP contribution in [0.15, 0.2) is 48.5 Å². The van der Waals surface area contributed by atoms with Crippen LogP contribution in [0.2, 0.25) is 0 Å². The van der Waals surface area contributed by atoms with Gasteiger partial charge >= 0.3 is 19.5 Å². The van der Waals surface area contributed by atoms with Crippen LogP contribution in [0.1, 0.15) is 22.8 Å². The van der Waals surface area contributed by atoms with Crippen molar-refractivity contribution in [2.24, 2.45) is 0 Å². The summed E-state index contributed by atoms with van der Waals surface area (Å²) >= 11 is 0. The number of hydrogen-bond acceptors (Lipinski definition) is 2. The normalized spacial score (nSPS) is 12.2. The van der Waals surface area contributed by atoms with Gasteiger partial charge in [-0.15, -0.1) is 0 Å². The van der Waals surface area contributed by atoms with E-state index in [-0.39, 0.29) is 19.5 Å². The topological polar surface area (TPSA) is 57.4 Å². The molecule has 3 aromatic heterocycles. The first-order chi connectivity index (χ1) is 11.8. The molecule has 0 spiro atoms. The van der Waals surface area contributed by atoms with E-state index in [4.69, 9.17) is 0 Å². The first kappa shape index (κ1) is 15.7. The molecule has 8 bridgehead atoms. The molecule has 0 aliphatic carbocycles. The van der Waals surface area contributed by atoms with Crippen molar-refractivity contribution in [2.45, 2.75) is 0 Å². The third-order valence-electron chi connectivity index (χ3n) is 4.04. The van der Waals surface area contributed by atoms with Crippen LogP contribution in [-0.2, 0) is 19.5 Å². The third kappa shape index (κ3) is 3.24. The van der Waals surface area contributed by atoms with Gasteiger partial charge < -0.3 is 9.97 Å². The number of aromatic nitrogens is 4. The predicted octanol–water partition coefficient (Wildman–Crippen LogP) is 4.65. The zero-order chi connectivity index (χ0) is 15.9. The molecule has 0 amide bonds. The van der Waals surface area contributed by atoms with Crippen molar-refractivity contribution in [2.75, 3.05) is 0 Å². The summed E-state index contributed by atoms with van der Waals surface area (Å²) in [4.78, 5) is 16.0. The molecule has 0 aromatic carbocycles. The molecule has 25 heavy (non-hydrogen) atoms. The van der Waals surface area contributed by atoms with E-state index in [9.17, 15) is 0 Å².